The topological polar surface area (TPSA) is 66.8 Å². The number of hydrogen-bond acceptors (Lipinski definition) is 4. The van der Waals surface area contributed by atoms with E-state index >= 15 is 0 Å². The number of carbonyl (C=O) groups excluding carboxylic acids is 2. The number of likely N-dealkylation sites (tertiary alicyclic amines) is 1. The van der Waals surface area contributed by atoms with Crippen LogP contribution in [0.5, 0.6) is 5.75 Å². The van der Waals surface area contributed by atoms with Gasteiger partial charge in [0, 0.05) is 0 Å². The predicted molar refractivity (Wildman–Crippen MR) is 117 cm³/mol. The molecule has 1 saturated carbocycles. The van der Waals surface area contributed by atoms with Crippen LogP contribution in [0.3, 0.4) is 0 Å². The maximum atomic E-state index is 12.5. The van der Waals surface area contributed by atoms with Crippen molar-refractivity contribution in [1.29, 1.82) is 0 Å². The van der Waals surface area contributed by atoms with Gasteiger partial charge in [0.1, 0.15) is 18.5 Å². The second-order valence-corrected chi connectivity index (χ2v) is 10.9. The number of benzene rings is 1. The Balaban J connectivity index is 1.53. The second kappa shape index (κ2) is 8.70. The lowest BCUT2D eigenvalue weighted by atomic mass is 9.72. The first-order chi connectivity index (χ1) is 14.0. The zero-order chi connectivity index (χ0) is 22.1. The number of aliphatic hydroxyl groups is 1. The monoisotopic (exact) mass is 415 g/mol. The van der Waals surface area contributed by atoms with Gasteiger partial charge in [0.15, 0.2) is 0 Å². The summed E-state index contributed by atoms with van der Waals surface area (Å²) < 4.78 is 5.74. The number of carbonyl (C=O) groups is 2. The Hall–Kier alpha value is -1.88. The summed E-state index contributed by atoms with van der Waals surface area (Å²) in [6.45, 7) is 11.3. The highest BCUT2D eigenvalue weighted by Gasteiger charge is 2.48. The maximum Gasteiger partial charge on any atom is 0.233 e. The summed E-state index contributed by atoms with van der Waals surface area (Å²) in [7, 11) is 0. The molecule has 2 fully saturated rings. The molecule has 5 nitrogen and oxygen atoms in total. The lowest BCUT2D eigenvalue weighted by Crippen LogP contribution is -2.40. The molecule has 30 heavy (non-hydrogen) atoms. The van der Waals surface area contributed by atoms with Crippen LogP contribution in [0.4, 0.5) is 0 Å². The maximum absolute atomic E-state index is 12.5. The zero-order valence-corrected chi connectivity index (χ0v) is 19.1. The largest absolute Gasteiger partial charge is 0.491 e. The van der Waals surface area contributed by atoms with Gasteiger partial charge in [-0.2, -0.15) is 0 Å². The van der Waals surface area contributed by atoms with Crippen molar-refractivity contribution in [3.63, 3.8) is 0 Å². The van der Waals surface area contributed by atoms with Crippen LogP contribution in [0.2, 0.25) is 0 Å². The SMILES string of the molecule is CC(C)(C)CC(C)(C)c1ccc(OCC(O)CN2C(=O)C3CCCCC3C2=O)cc1. The van der Waals surface area contributed by atoms with Gasteiger partial charge >= 0.3 is 0 Å². The summed E-state index contributed by atoms with van der Waals surface area (Å²) in [6.07, 6.45) is 3.76. The lowest BCUT2D eigenvalue weighted by Gasteiger charge is -2.33. The van der Waals surface area contributed by atoms with E-state index in [0.717, 1.165) is 32.1 Å². The van der Waals surface area contributed by atoms with Gasteiger partial charge in [-0.25, -0.2) is 0 Å². The number of nitrogens with zero attached hydrogens (tertiary/aromatic N) is 1. The summed E-state index contributed by atoms with van der Waals surface area (Å²) in [5.41, 5.74) is 1.55. The Morgan fingerprint density at radius 1 is 1.00 bits per heavy atom. The summed E-state index contributed by atoms with van der Waals surface area (Å²) in [6, 6.07) is 8.00. The summed E-state index contributed by atoms with van der Waals surface area (Å²) in [4.78, 5) is 26.3. The van der Waals surface area contributed by atoms with E-state index < -0.39 is 6.10 Å². The van der Waals surface area contributed by atoms with Gasteiger partial charge in [0.05, 0.1) is 18.4 Å². The first-order valence-electron chi connectivity index (χ1n) is 11.2. The molecule has 2 aliphatic rings. The fourth-order valence-electron chi connectivity index (χ4n) is 5.30. The summed E-state index contributed by atoms with van der Waals surface area (Å²) >= 11 is 0. The molecule has 1 heterocycles. The third kappa shape index (κ3) is 5.23. The Labute approximate surface area is 180 Å². The lowest BCUT2D eigenvalue weighted by molar-refractivity contribution is -0.141. The standard InChI is InChI=1S/C25H37NO4/c1-24(2,3)16-25(4,5)17-10-12-19(13-11-17)30-15-18(27)14-26-22(28)20-8-6-7-9-21(20)23(26)29/h10-13,18,20-21,27H,6-9,14-16H2,1-5H3. The highest BCUT2D eigenvalue weighted by Crippen LogP contribution is 2.38. The van der Waals surface area contributed by atoms with E-state index in [0.29, 0.717) is 5.75 Å². The zero-order valence-electron chi connectivity index (χ0n) is 19.1. The minimum Gasteiger partial charge on any atom is -0.491 e. The molecule has 3 atom stereocenters. The van der Waals surface area contributed by atoms with Crippen LogP contribution in [-0.2, 0) is 15.0 Å². The van der Waals surface area contributed by atoms with Crippen molar-refractivity contribution in [3.05, 3.63) is 29.8 Å². The van der Waals surface area contributed by atoms with Gasteiger partial charge in [0.2, 0.25) is 11.8 Å². The minimum absolute atomic E-state index is 0.0152. The van der Waals surface area contributed by atoms with Crippen molar-refractivity contribution >= 4 is 11.8 Å². The molecule has 1 aromatic carbocycles. The average Bonchev–Trinajstić information content (AvgIpc) is 2.90. The van der Waals surface area contributed by atoms with Crippen LogP contribution in [0.25, 0.3) is 0 Å². The van der Waals surface area contributed by atoms with Crippen LogP contribution < -0.4 is 4.74 Å². The molecule has 0 bridgehead atoms. The number of imide groups is 1. The predicted octanol–water partition coefficient (Wildman–Crippen LogP) is 4.32. The van der Waals surface area contributed by atoms with Gasteiger partial charge in [0.25, 0.3) is 0 Å². The third-order valence-corrected chi connectivity index (χ3v) is 6.38. The number of amides is 2. The molecule has 2 amide bonds. The number of rotatable bonds is 7. The van der Waals surface area contributed by atoms with E-state index in [1.165, 1.54) is 10.5 Å². The molecule has 5 heteroatoms. The van der Waals surface area contributed by atoms with Crippen LogP contribution in [0.15, 0.2) is 24.3 Å². The van der Waals surface area contributed by atoms with Crippen molar-refractivity contribution < 1.29 is 19.4 Å². The van der Waals surface area contributed by atoms with Crippen molar-refractivity contribution in [3.8, 4) is 5.75 Å². The highest BCUT2D eigenvalue weighted by atomic mass is 16.5. The van der Waals surface area contributed by atoms with E-state index in [4.69, 9.17) is 4.74 Å². The molecule has 0 spiro atoms. The van der Waals surface area contributed by atoms with Gasteiger partial charge in [-0.05, 0) is 47.8 Å². The van der Waals surface area contributed by atoms with Crippen molar-refractivity contribution in [2.75, 3.05) is 13.2 Å². The molecule has 0 radical (unpaired) electrons. The van der Waals surface area contributed by atoms with E-state index in [1.807, 2.05) is 12.1 Å². The number of hydrogen-bond donors (Lipinski definition) is 1. The molecule has 3 unspecified atom stereocenters. The van der Waals surface area contributed by atoms with Crippen LogP contribution in [-0.4, -0.2) is 41.1 Å². The molecule has 0 aromatic heterocycles. The summed E-state index contributed by atoms with van der Waals surface area (Å²) in [5.74, 6) is 0.0900. The van der Waals surface area contributed by atoms with Crippen molar-refractivity contribution in [2.24, 2.45) is 17.3 Å². The average molecular weight is 416 g/mol. The van der Waals surface area contributed by atoms with E-state index in [9.17, 15) is 14.7 Å². The first-order valence-corrected chi connectivity index (χ1v) is 11.2. The smallest absolute Gasteiger partial charge is 0.233 e. The van der Waals surface area contributed by atoms with Crippen molar-refractivity contribution in [1.82, 2.24) is 4.90 Å². The normalized spacial score (nSPS) is 23.5. The van der Waals surface area contributed by atoms with Crippen molar-refractivity contribution in [2.45, 2.75) is 78.2 Å². The van der Waals surface area contributed by atoms with E-state index in [2.05, 4.69) is 46.8 Å². The van der Waals surface area contributed by atoms with Crippen LogP contribution >= 0.6 is 0 Å². The quantitative estimate of drug-likeness (QED) is 0.674. The molecular formula is C25H37NO4. The van der Waals surface area contributed by atoms with Crippen LogP contribution in [0.1, 0.15) is 72.3 Å². The summed E-state index contributed by atoms with van der Waals surface area (Å²) in [5, 5.41) is 10.4. The Morgan fingerprint density at radius 2 is 1.53 bits per heavy atom. The molecule has 1 aliphatic carbocycles. The Morgan fingerprint density at radius 3 is 2.03 bits per heavy atom. The fourth-order valence-corrected chi connectivity index (χ4v) is 5.30. The highest BCUT2D eigenvalue weighted by molar-refractivity contribution is 6.05. The van der Waals surface area contributed by atoms with E-state index in [1.54, 1.807) is 0 Å². The molecular weight excluding hydrogens is 378 g/mol. The third-order valence-electron chi connectivity index (χ3n) is 6.38. The first kappa shape index (κ1) is 22.8. The molecule has 166 valence electrons. The molecule has 1 N–H and O–H groups in total. The molecule has 1 aliphatic heterocycles. The molecule has 1 saturated heterocycles. The Bertz CT molecular complexity index is 738. The number of β-amino-alcohol motifs (C(OH)–C–C–N with tert-alkyl or cyclic N) is 1. The second-order valence-electron chi connectivity index (χ2n) is 10.9. The molecule has 1 aromatic rings. The Kier molecular flexibility index (Phi) is 6.61. The number of ether oxygens (including phenoxy) is 1. The number of aliphatic hydroxyl groups excluding tert-OH is 1. The van der Waals surface area contributed by atoms with E-state index in [-0.39, 0.29) is 47.6 Å². The van der Waals surface area contributed by atoms with Gasteiger partial charge < -0.3 is 9.84 Å². The fraction of sp³-hybridized carbons (Fsp3) is 0.680. The minimum atomic E-state index is -0.893. The van der Waals surface area contributed by atoms with Gasteiger partial charge in [-0.15, -0.1) is 0 Å². The number of fused-ring (bicyclic) bond motifs is 1. The van der Waals surface area contributed by atoms with Gasteiger partial charge in [-0.1, -0.05) is 59.6 Å². The molecule has 3 rings (SSSR count). The van der Waals surface area contributed by atoms with Gasteiger partial charge in [-0.3, -0.25) is 14.5 Å². The van der Waals surface area contributed by atoms with Crippen LogP contribution in [0, 0.1) is 17.3 Å².